The van der Waals surface area contributed by atoms with E-state index in [-0.39, 0.29) is 5.91 Å². The Balaban J connectivity index is 1.29. The highest BCUT2D eigenvalue weighted by Crippen LogP contribution is 2.30. The van der Waals surface area contributed by atoms with Gasteiger partial charge in [0.25, 0.3) is 5.91 Å². The second kappa shape index (κ2) is 9.97. The number of thioether (sulfide) groups is 1. The number of rotatable bonds is 5. The molecule has 3 heterocycles. The second-order valence-electron chi connectivity index (χ2n) is 9.34. The number of phenolic OH excluding ortho intramolecular Hbond substituents is 1. The lowest BCUT2D eigenvalue weighted by Gasteiger charge is -2.41. The Bertz CT molecular complexity index is 962. The van der Waals surface area contributed by atoms with Crippen LogP contribution >= 0.6 is 11.8 Å². The van der Waals surface area contributed by atoms with E-state index in [0.717, 1.165) is 88.7 Å². The summed E-state index contributed by atoms with van der Waals surface area (Å²) in [5.41, 5.74) is 4.40. The third kappa shape index (κ3) is 4.73. The number of aromatic nitrogens is 2. The molecular formula is C25H35N5O2S. The lowest BCUT2D eigenvalue weighted by molar-refractivity contribution is 0.0763. The van der Waals surface area contributed by atoms with Gasteiger partial charge in [0.2, 0.25) is 0 Å². The molecule has 0 spiro atoms. The molecule has 5 rings (SSSR count). The number of amides is 1. The van der Waals surface area contributed by atoms with E-state index in [4.69, 9.17) is 5.10 Å². The minimum Gasteiger partial charge on any atom is -0.508 e. The molecule has 1 aromatic carbocycles. The lowest BCUT2D eigenvalue weighted by Crippen LogP contribution is -2.52. The number of aryl methyl sites for hydroxylation is 1. The molecule has 178 valence electrons. The quantitative estimate of drug-likeness (QED) is 0.727. The van der Waals surface area contributed by atoms with Crippen LogP contribution in [0.15, 0.2) is 24.3 Å². The average Bonchev–Trinajstić information content (AvgIpc) is 3.22. The molecule has 1 aliphatic carbocycles. The summed E-state index contributed by atoms with van der Waals surface area (Å²) in [4.78, 5) is 20.4. The predicted octanol–water partition coefficient (Wildman–Crippen LogP) is 2.87. The van der Waals surface area contributed by atoms with E-state index >= 15 is 0 Å². The first kappa shape index (κ1) is 22.6. The van der Waals surface area contributed by atoms with Crippen LogP contribution in [0.5, 0.6) is 5.75 Å². The summed E-state index contributed by atoms with van der Waals surface area (Å²) in [6.07, 6.45) is 4.11. The van der Waals surface area contributed by atoms with Crippen molar-refractivity contribution < 1.29 is 9.90 Å². The van der Waals surface area contributed by atoms with Gasteiger partial charge in [0.15, 0.2) is 5.69 Å². The fourth-order valence-corrected chi connectivity index (χ4v) is 6.38. The van der Waals surface area contributed by atoms with Gasteiger partial charge >= 0.3 is 0 Å². The maximum absolute atomic E-state index is 13.4. The van der Waals surface area contributed by atoms with Gasteiger partial charge in [-0.2, -0.15) is 16.9 Å². The Kier molecular flexibility index (Phi) is 6.83. The summed E-state index contributed by atoms with van der Waals surface area (Å²) in [6, 6.07) is 7.99. The Morgan fingerprint density at radius 1 is 1.09 bits per heavy atom. The molecule has 33 heavy (non-hydrogen) atoms. The topological polar surface area (TPSA) is 64.8 Å². The Hall–Kier alpha value is -2.19. The fraction of sp³-hybridized carbons (Fsp3) is 0.600. The van der Waals surface area contributed by atoms with Crippen LogP contribution in [0.25, 0.3) is 0 Å². The maximum atomic E-state index is 13.4. The Morgan fingerprint density at radius 2 is 1.82 bits per heavy atom. The first-order valence-corrected chi connectivity index (χ1v) is 13.5. The van der Waals surface area contributed by atoms with E-state index in [9.17, 15) is 9.90 Å². The number of piperazine rings is 1. The van der Waals surface area contributed by atoms with Crippen molar-refractivity contribution >= 4 is 23.4 Å². The molecule has 7 nitrogen and oxygen atoms in total. The Labute approximate surface area is 200 Å². The molecule has 1 atom stereocenters. The van der Waals surface area contributed by atoms with Crippen LogP contribution in [0.3, 0.4) is 0 Å². The molecule has 0 saturated carbocycles. The van der Waals surface area contributed by atoms with Gasteiger partial charge in [-0.25, -0.2) is 0 Å². The summed E-state index contributed by atoms with van der Waals surface area (Å²) in [7, 11) is 0. The van der Waals surface area contributed by atoms with E-state index in [0.29, 0.717) is 11.8 Å². The van der Waals surface area contributed by atoms with E-state index in [2.05, 4.69) is 21.4 Å². The van der Waals surface area contributed by atoms with Gasteiger partial charge in [-0.15, -0.1) is 0 Å². The molecule has 0 bridgehead atoms. The highest BCUT2D eigenvalue weighted by atomic mass is 32.2. The number of nitrogens with zero attached hydrogens (tertiary/aromatic N) is 5. The summed E-state index contributed by atoms with van der Waals surface area (Å²) in [5, 5.41) is 14.4. The van der Waals surface area contributed by atoms with Gasteiger partial charge in [-0.05, 0) is 49.9 Å². The molecular weight excluding hydrogens is 434 g/mol. The summed E-state index contributed by atoms with van der Waals surface area (Å²) in [6.45, 7) is 8.76. The molecule has 8 heteroatoms. The van der Waals surface area contributed by atoms with Crippen LogP contribution in [0.4, 0.5) is 5.69 Å². The average molecular weight is 470 g/mol. The van der Waals surface area contributed by atoms with Gasteiger partial charge in [0.05, 0.1) is 0 Å². The summed E-state index contributed by atoms with van der Waals surface area (Å²) in [5.74, 6) is 2.50. The molecule has 2 saturated heterocycles. The molecule has 2 aromatic rings. The molecule has 0 unspecified atom stereocenters. The van der Waals surface area contributed by atoms with Gasteiger partial charge in [-0.1, -0.05) is 6.92 Å². The first-order chi connectivity index (χ1) is 16.1. The normalized spacial score (nSPS) is 21.8. The second-order valence-corrected chi connectivity index (χ2v) is 10.6. The van der Waals surface area contributed by atoms with E-state index < -0.39 is 0 Å². The monoisotopic (exact) mass is 469 g/mol. The van der Waals surface area contributed by atoms with Crippen LogP contribution in [-0.2, 0) is 19.4 Å². The number of carbonyl (C=O) groups is 1. The zero-order valence-corrected chi connectivity index (χ0v) is 20.4. The number of benzene rings is 1. The largest absolute Gasteiger partial charge is 0.508 e. The Morgan fingerprint density at radius 3 is 2.52 bits per heavy atom. The van der Waals surface area contributed by atoms with Gasteiger partial charge in [0, 0.05) is 80.3 Å². The van der Waals surface area contributed by atoms with Crippen molar-refractivity contribution in [1.82, 2.24) is 19.6 Å². The third-order valence-electron chi connectivity index (χ3n) is 7.30. The fourth-order valence-electron chi connectivity index (χ4n) is 5.47. The maximum Gasteiger partial charge on any atom is 0.274 e. The van der Waals surface area contributed by atoms with Crippen LogP contribution in [0.1, 0.15) is 41.5 Å². The van der Waals surface area contributed by atoms with Crippen molar-refractivity contribution in [2.75, 3.05) is 55.7 Å². The van der Waals surface area contributed by atoms with Crippen molar-refractivity contribution in [3.8, 4) is 5.75 Å². The van der Waals surface area contributed by atoms with Crippen molar-refractivity contribution in [2.45, 2.75) is 45.2 Å². The van der Waals surface area contributed by atoms with Crippen molar-refractivity contribution in [3.63, 3.8) is 0 Å². The predicted molar refractivity (Wildman–Crippen MR) is 133 cm³/mol. The molecule has 2 fully saturated rings. The number of aromatic hydroxyl groups is 1. The van der Waals surface area contributed by atoms with Gasteiger partial charge < -0.3 is 14.9 Å². The van der Waals surface area contributed by atoms with Crippen molar-refractivity contribution in [2.24, 2.45) is 0 Å². The van der Waals surface area contributed by atoms with Crippen LogP contribution in [0, 0.1) is 0 Å². The third-order valence-corrected chi connectivity index (χ3v) is 8.24. The molecule has 1 aromatic heterocycles. The molecule has 1 amide bonds. The zero-order valence-electron chi connectivity index (χ0n) is 19.6. The highest BCUT2D eigenvalue weighted by molar-refractivity contribution is 7.99. The van der Waals surface area contributed by atoms with E-state index in [1.165, 1.54) is 16.9 Å². The van der Waals surface area contributed by atoms with Crippen molar-refractivity contribution in [3.05, 3.63) is 41.2 Å². The number of carbonyl (C=O) groups excluding carboxylic acids is 1. The van der Waals surface area contributed by atoms with Gasteiger partial charge in [-0.3, -0.25) is 14.4 Å². The zero-order chi connectivity index (χ0) is 22.8. The number of hydrogen-bond acceptors (Lipinski definition) is 6. The van der Waals surface area contributed by atoms with E-state index in [1.54, 1.807) is 12.1 Å². The number of phenols is 1. The van der Waals surface area contributed by atoms with Crippen LogP contribution < -0.4 is 4.90 Å². The minimum absolute atomic E-state index is 0.138. The number of fused-ring (bicyclic) bond motifs is 1. The van der Waals surface area contributed by atoms with E-state index in [1.807, 2.05) is 28.8 Å². The van der Waals surface area contributed by atoms with Crippen LogP contribution in [-0.4, -0.2) is 87.4 Å². The molecule has 2 aliphatic heterocycles. The smallest absolute Gasteiger partial charge is 0.274 e. The highest BCUT2D eigenvalue weighted by Gasteiger charge is 2.34. The minimum atomic E-state index is 0.138. The lowest BCUT2D eigenvalue weighted by atomic mass is 9.89. The molecule has 1 N–H and O–H groups in total. The van der Waals surface area contributed by atoms with Gasteiger partial charge in [0.1, 0.15) is 5.75 Å². The van der Waals surface area contributed by atoms with Crippen LogP contribution in [0.2, 0.25) is 0 Å². The standard InChI is InChI=1S/C25H35N5O2S/c1-2-9-30-23-8-5-20(18-22(23)24(26-30)25(32)29-14-16-33-17-15-29)28-12-10-27(11-13-28)19-3-6-21(31)7-4-19/h3-4,6-7,20,31H,2,5,8-18H2,1H3/t20-/m0/s1. The SMILES string of the molecule is CCCn1nc(C(=O)N2CCSCC2)c2c1CC[C@H](N1CCN(c3ccc(O)cc3)CC1)C2. The first-order valence-electron chi connectivity index (χ1n) is 12.4. The summed E-state index contributed by atoms with van der Waals surface area (Å²) < 4.78 is 2.13. The summed E-state index contributed by atoms with van der Waals surface area (Å²) >= 11 is 1.93. The van der Waals surface area contributed by atoms with Crippen molar-refractivity contribution in [1.29, 1.82) is 0 Å². The molecule has 3 aliphatic rings. The molecule has 0 radical (unpaired) electrons. The number of hydrogen-bond donors (Lipinski definition) is 1. The number of anilines is 1.